The molecule has 0 unspecified atom stereocenters. The van der Waals surface area contributed by atoms with E-state index in [1.807, 2.05) is 0 Å². The van der Waals surface area contributed by atoms with Crippen LogP contribution in [0, 0.1) is 11.8 Å². The van der Waals surface area contributed by atoms with E-state index in [0.29, 0.717) is 11.8 Å². The van der Waals surface area contributed by atoms with Crippen LogP contribution in [0.5, 0.6) is 0 Å². The fourth-order valence-electron chi connectivity index (χ4n) is 0.753. The van der Waals surface area contributed by atoms with Crippen LogP contribution in [0.1, 0.15) is 27.7 Å². The van der Waals surface area contributed by atoms with Crippen LogP contribution in [0.4, 0.5) is 0 Å². The van der Waals surface area contributed by atoms with E-state index in [1.54, 1.807) is 19.4 Å². The molecule has 0 bridgehead atoms. The van der Waals surface area contributed by atoms with Crippen LogP contribution >= 0.6 is 0 Å². The first-order valence-electron chi connectivity index (χ1n) is 3.74. The molecule has 0 aromatic carbocycles. The van der Waals surface area contributed by atoms with Crippen LogP contribution in [0.2, 0.25) is 0 Å². The van der Waals surface area contributed by atoms with Crippen LogP contribution in [0.15, 0.2) is 11.6 Å². The Morgan fingerprint density at radius 3 is 1.80 bits per heavy atom. The van der Waals surface area contributed by atoms with E-state index in [0.717, 1.165) is 0 Å². The molecule has 0 aromatic rings. The van der Waals surface area contributed by atoms with Crippen LogP contribution in [-0.4, -0.2) is 4.40 Å². The Morgan fingerprint density at radius 1 is 1.20 bits per heavy atom. The molecule has 0 rings (SSSR count). The first kappa shape index (κ1) is 10.3. The van der Waals surface area contributed by atoms with Gasteiger partial charge < -0.3 is 0 Å². The fraction of sp³-hybridized carbons (Fsp3) is 0.667. The third-order valence-electron chi connectivity index (χ3n) is 1.33. The molecule has 0 aliphatic heterocycles. The number of hydrogen-bond acceptors (Lipinski definition) is 0. The summed E-state index contributed by atoms with van der Waals surface area (Å²) in [7, 11) is 0. The van der Waals surface area contributed by atoms with Gasteiger partial charge in [0.2, 0.25) is 0 Å². The van der Waals surface area contributed by atoms with Gasteiger partial charge in [0.15, 0.2) is 0 Å². The fourth-order valence-corrected chi connectivity index (χ4v) is 2.01. The van der Waals surface area contributed by atoms with Crippen molar-refractivity contribution in [3.8, 4) is 0 Å². The zero-order chi connectivity index (χ0) is 8.15. The third kappa shape index (κ3) is 4.17. The van der Waals surface area contributed by atoms with Crippen molar-refractivity contribution in [2.45, 2.75) is 27.7 Å². The van der Waals surface area contributed by atoms with Crippen molar-refractivity contribution in [3.63, 3.8) is 0 Å². The van der Waals surface area contributed by atoms with E-state index in [2.05, 4.69) is 38.2 Å². The van der Waals surface area contributed by atoms with Gasteiger partial charge in [-0.05, 0) is 0 Å². The van der Waals surface area contributed by atoms with E-state index in [4.69, 9.17) is 0 Å². The topological polar surface area (TPSA) is 0 Å². The summed E-state index contributed by atoms with van der Waals surface area (Å²) in [5.41, 5.74) is 1.50. The maximum atomic E-state index is 2.34. The molecule has 0 amide bonds. The van der Waals surface area contributed by atoms with Crippen LogP contribution in [0.3, 0.4) is 0 Å². The van der Waals surface area contributed by atoms with Crippen molar-refractivity contribution < 1.29 is 19.4 Å². The van der Waals surface area contributed by atoms with Gasteiger partial charge >= 0.3 is 74.9 Å². The van der Waals surface area contributed by atoms with Gasteiger partial charge in [-0.15, -0.1) is 0 Å². The van der Waals surface area contributed by atoms with Crippen LogP contribution in [0.25, 0.3) is 0 Å². The third-order valence-corrected chi connectivity index (χ3v) is 2.31. The second-order valence-corrected chi connectivity index (χ2v) is 4.03. The standard InChI is InChI=1S/C9H16.W/c1-7(2)6-9(5)8(3)4;/h5-8H,1-4H3;. The SMILES string of the molecule is CC(C)C=C([CH]=[W])C(C)C. The monoisotopic (exact) mass is 308 g/mol. The van der Waals surface area contributed by atoms with E-state index < -0.39 is 0 Å². The Bertz CT molecular complexity index is 132. The summed E-state index contributed by atoms with van der Waals surface area (Å²) >= 11 is 1.55. The van der Waals surface area contributed by atoms with Gasteiger partial charge in [0.05, 0.1) is 0 Å². The first-order chi connectivity index (χ1) is 4.57. The Hall–Kier alpha value is 0.298. The molecule has 0 saturated heterocycles. The molecule has 58 valence electrons. The molecule has 0 N–H and O–H groups in total. The zero-order valence-corrected chi connectivity index (χ0v) is 10.2. The van der Waals surface area contributed by atoms with Gasteiger partial charge in [0.1, 0.15) is 0 Å². The van der Waals surface area contributed by atoms with E-state index in [9.17, 15) is 0 Å². The average molecular weight is 308 g/mol. The van der Waals surface area contributed by atoms with Crippen molar-refractivity contribution in [2.75, 3.05) is 0 Å². The summed E-state index contributed by atoms with van der Waals surface area (Å²) in [5, 5.41) is 0. The average Bonchev–Trinajstić information content (AvgIpc) is 1.81. The molecule has 0 fully saturated rings. The van der Waals surface area contributed by atoms with E-state index >= 15 is 0 Å². The molecule has 0 spiro atoms. The maximum absolute atomic E-state index is 2.34. The van der Waals surface area contributed by atoms with Gasteiger partial charge in [0.25, 0.3) is 0 Å². The van der Waals surface area contributed by atoms with Gasteiger partial charge in [0, 0.05) is 0 Å². The van der Waals surface area contributed by atoms with Gasteiger partial charge in [-0.2, -0.15) is 0 Å². The molecular weight excluding hydrogens is 292 g/mol. The molecule has 0 radical (unpaired) electrons. The molecule has 0 aliphatic rings. The second-order valence-electron chi connectivity index (χ2n) is 3.18. The van der Waals surface area contributed by atoms with Crippen molar-refractivity contribution >= 4 is 4.40 Å². The summed E-state index contributed by atoms with van der Waals surface area (Å²) in [4.78, 5) is 0. The summed E-state index contributed by atoms with van der Waals surface area (Å²) < 4.78 is 2.28. The first-order valence-corrected chi connectivity index (χ1v) is 5.44. The molecule has 1 heteroatoms. The minimum absolute atomic E-state index is 0.688. The molecule has 0 atom stereocenters. The van der Waals surface area contributed by atoms with Crippen LogP contribution in [-0.2, 0) is 19.4 Å². The predicted octanol–water partition coefficient (Wildman–Crippen LogP) is 2.57. The quantitative estimate of drug-likeness (QED) is 0.752. The molecule has 0 aromatic heterocycles. The number of hydrogen-bond donors (Lipinski definition) is 0. The summed E-state index contributed by atoms with van der Waals surface area (Å²) in [6.45, 7) is 8.93. The van der Waals surface area contributed by atoms with E-state index in [1.165, 1.54) is 5.57 Å². The Morgan fingerprint density at radius 2 is 1.70 bits per heavy atom. The predicted molar refractivity (Wildman–Crippen MR) is 43.8 cm³/mol. The molecule has 10 heavy (non-hydrogen) atoms. The number of rotatable bonds is 3. The molecule has 0 saturated carbocycles. The summed E-state index contributed by atoms with van der Waals surface area (Å²) in [6.07, 6.45) is 2.34. The Labute approximate surface area is 75.1 Å². The summed E-state index contributed by atoms with van der Waals surface area (Å²) in [5.74, 6) is 1.38. The minimum atomic E-state index is 0.688. The normalized spacial score (nSPS) is 12.8. The molecular formula is C9H16W. The second kappa shape index (κ2) is 5.02. The van der Waals surface area contributed by atoms with Crippen molar-refractivity contribution in [1.29, 1.82) is 0 Å². The summed E-state index contributed by atoms with van der Waals surface area (Å²) in [6, 6.07) is 0. The van der Waals surface area contributed by atoms with Crippen LogP contribution < -0.4 is 0 Å². The van der Waals surface area contributed by atoms with Crippen molar-refractivity contribution in [1.82, 2.24) is 0 Å². The molecule has 0 heterocycles. The Balaban J connectivity index is 4.18. The Kier molecular flexibility index (Phi) is 5.17. The van der Waals surface area contributed by atoms with E-state index in [-0.39, 0.29) is 0 Å². The van der Waals surface area contributed by atoms with Gasteiger partial charge in [-0.1, -0.05) is 0 Å². The molecule has 0 aliphatic carbocycles. The number of allylic oxidation sites excluding steroid dienone is 2. The van der Waals surface area contributed by atoms with Gasteiger partial charge in [-0.3, -0.25) is 0 Å². The van der Waals surface area contributed by atoms with Gasteiger partial charge in [-0.25, -0.2) is 0 Å². The zero-order valence-electron chi connectivity index (χ0n) is 7.22. The van der Waals surface area contributed by atoms with Crippen molar-refractivity contribution in [3.05, 3.63) is 11.6 Å². The molecule has 0 nitrogen and oxygen atoms in total. The van der Waals surface area contributed by atoms with Crippen molar-refractivity contribution in [2.24, 2.45) is 11.8 Å².